The van der Waals surface area contributed by atoms with Gasteiger partial charge in [0.05, 0.1) is 5.92 Å². The number of carbonyl (C=O) groups excluding carboxylic acids is 2. The molecule has 0 aliphatic heterocycles. The van der Waals surface area contributed by atoms with Crippen LogP contribution in [-0.4, -0.2) is 17.7 Å². The van der Waals surface area contributed by atoms with Gasteiger partial charge < -0.3 is 0 Å². The molecule has 17 heavy (non-hydrogen) atoms. The third-order valence-electron chi connectivity index (χ3n) is 2.38. The zero-order chi connectivity index (χ0) is 13.1. The first kappa shape index (κ1) is 13.4. The van der Waals surface area contributed by atoms with Gasteiger partial charge in [0.1, 0.15) is 0 Å². The smallest absolute Gasteiger partial charge is 0.293 e. The first-order chi connectivity index (χ1) is 7.88. The van der Waals surface area contributed by atoms with E-state index in [2.05, 4.69) is 0 Å². The number of hydrogen-bond donors (Lipinski definition) is 0. The maximum absolute atomic E-state index is 12.3. The molecule has 1 rings (SSSR count). The molecule has 0 saturated heterocycles. The van der Waals surface area contributed by atoms with Gasteiger partial charge in [0, 0.05) is 5.56 Å². The van der Waals surface area contributed by atoms with Gasteiger partial charge in [0.25, 0.3) is 0 Å². The molecule has 1 atom stereocenters. The van der Waals surface area contributed by atoms with E-state index in [1.165, 1.54) is 31.2 Å². The second kappa shape index (κ2) is 5.12. The number of carbonyl (C=O) groups is 2. The Hall–Kier alpha value is -1.65. The van der Waals surface area contributed by atoms with E-state index in [-0.39, 0.29) is 12.0 Å². The van der Waals surface area contributed by atoms with Gasteiger partial charge in [0.2, 0.25) is 5.78 Å². The lowest BCUT2D eigenvalue weighted by molar-refractivity contribution is -0.174. The van der Waals surface area contributed by atoms with Crippen LogP contribution in [-0.2, 0) is 4.79 Å². The van der Waals surface area contributed by atoms with Gasteiger partial charge in [0.15, 0.2) is 5.78 Å². The highest BCUT2D eigenvalue weighted by Crippen LogP contribution is 2.25. The Morgan fingerprint density at radius 1 is 1.18 bits per heavy atom. The molecule has 0 heterocycles. The lowest BCUT2D eigenvalue weighted by atomic mass is 9.91. The minimum absolute atomic E-state index is 0.122. The van der Waals surface area contributed by atoms with Crippen LogP contribution in [0.15, 0.2) is 30.3 Å². The molecule has 92 valence electrons. The molecule has 0 N–H and O–H groups in total. The largest absolute Gasteiger partial charge is 0.450 e. The standard InChI is InChI=1S/C12H11F3O2/c1-2-9(11(17)12(13,14)15)10(16)8-6-4-3-5-7-8/h3-7,9H,2H2,1H3. The van der Waals surface area contributed by atoms with E-state index in [1.54, 1.807) is 6.07 Å². The summed E-state index contributed by atoms with van der Waals surface area (Å²) in [5.41, 5.74) is 0.122. The lowest BCUT2D eigenvalue weighted by Crippen LogP contribution is -2.35. The van der Waals surface area contributed by atoms with Crippen molar-refractivity contribution in [2.45, 2.75) is 19.5 Å². The molecule has 0 radical (unpaired) electrons. The summed E-state index contributed by atoms with van der Waals surface area (Å²) in [6, 6.07) is 7.52. The molecule has 0 saturated carbocycles. The summed E-state index contributed by atoms with van der Waals surface area (Å²) in [6.07, 6.45) is -5.13. The van der Waals surface area contributed by atoms with Gasteiger partial charge in [-0.2, -0.15) is 13.2 Å². The van der Waals surface area contributed by atoms with Crippen molar-refractivity contribution in [3.63, 3.8) is 0 Å². The molecular formula is C12H11F3O2. The van der Waals surface area contributed by atoms with Crippen LogP contribution in [0.5, 0.6) is 0 Å². The SMILES string of the molecule is CCC(C(=O)c1ccccc1)C(=O)C(F)(F)F. The molecule has 0 amide bonds. The van der Waals surface area contributed by atoms with Crippen LogP contribution in [0.2, 0.25) is 0 Å². The number of benzene rings is 1. The summed E-state index contributed by atoms with van der Waals surface area (Å²) in [6.45, 7) is 1.38. The predicted octanol–water partition coefficient (Wildman–Crippen LogP) is 3.03. The van der Waals surface area contributed by atoms with Crippen LogP contribution in [0, 0.1) is 5.92 Å². The number of ketones is 2. The summed E-state index contributed by atoms with van der Waals surface area (Å²) in [4.78, 5) is 22.8. The number of halogens is 3. The maximum atomic E-state index is 12.3. The summed E-state index contributed by atoms with van der Waals surface area (Å²) in [7, 11) is 0. The molecule has 2 nitrogen and oxygen atoms in total. The lowest BCUT2D eigenvalue weighted by Gasteiger charge is -2.14. The summed E-state index contributed by atoms with van der Waals surface area (Å²) in [5.74, 6) is -4.40. The molecule has 1 unspecified atom stereocenters. The Labute approximate surface area is 96.4 Å². The molecular weight excluding hydrogens is 233 g/mol. The molecule has 0 spiro atoms. The van der Waals surface area contributed by atoms with Crippen LogP contribution in [0.3, 0.4) is 0 Å². The topological polar surface area (TPSA) is 34.1 Å². The molecule has 1 aromatic carbocycles. The van der Waals surface area contributed by atoms with Crippen molar-refractivity contribution in [1.82, 2.24) is 0 Å². The summed E-state index contributed by atoms with van der Waals surface area (Å²) in [5, 5.41) is 0. The molecule has 0 aromatic heterocycles. The highest BCUT2D eigenvalue weighted by atomic mass is 19.4. The van der Waals surface area contributed by atoms with Crippen LogP contribution in [0.4, 0.5) is 13.2 Å². The summed E-state index contributed by atoms with van der Waals surface area (Å²) < 4.78 is 36.8. The van der Waals surface area contributed by atoms with Crippen molar-refractivity contribution in [3.05, 3.63) is 35.9 Å². The highest BCUT2D eigenvalue weighted by Gasteiger charge is 2.45. The van der Waals surface area contributed by atoms with Gasteiger partial charge in [-0.25, -0.2) is 0 Å². The van der Waals surface area contributed by atoms with E-state index in [1.807, 2.05) is 0 Å². The highest BCUT2D eigenvalue weighted by molar-refractivity contribution is 6.12. The van der Waals surface area contributed by atoms with Crippen LogP contribution in [0.1, 0.15) is 23.7 Å². The van der Waals surface area contributed by atoms with E-state index in [0.29, 0.717) is 0 Å². The molecule has 0 bridgehead atoms. The predicted molar refractivity (Wildman–Crippen MR) is 55.6 cm³/mol. The Morgan fingerprint density at radius 2 is 1.71 bits per heavy atom. The van der Waals surface area contributed by atoms with Crippen LogP contribution >= 0.6 is 0 Å². The van der Waals surface area contributed by atoms with Crippen LogP contribution in [0.25, 0.3) is 0 Å². The molecule has 0 aliphatic carbocycles. The van der Waals surface area contributed by atoms with Crippen molar-refractivity contribution >= 4 is 11.6 Å². The maximum Gasteiger partial charge on any atom is 0.450 e. The first-order valence-corrected chi connectivity index (χ1v) is 5.08. The minimum atomic E-state index is -4.97. The fourth-order valence-electron chi connectivity index (χ4n) is 1.49. The van der Waals surface area contributed by atoms with Crippen LogP contribution < -0.4 is 0 Å². The second-order valence-electron chi connectivity index (χ2n) is 3.55. The fourth-order valence-corrected chi connectivity index (χ4v) is 1.49. The molecule has 5 heteroatoms. The molecule has 1 aromatic rings. The van der Waals surface area contributed by atoms with E-state index in [4.69, 9.17) is 0 Å². The number of hydrogen-bond acceptors (Lipinski definition) is 2. The Balaban J connectivity index is 2.97. The van der Waals surface area contributed by atoms with Crippen molar-refractivity contribution < 1.29 is 22.8 Å². The van der Waals surface area contributed by atoms with Crippen molar-refractivity contribution in [2.24, 2.45) is 5.92 Å². The summed E-state index contributed by atoms with van der Waals surface area (Å²) >= 11 is 0. The van der Waals surface area contributed by atoms with Gasteiger partial charge in [-0.15, -0.1) is 0 Å². The van der Waals surface area contributed by atoms with Gasteiger partial charge in [-0.3, -0.25) is 9.59 Å². The normalized spacial score (nSPS) is 13.2. The fraction of sp³-hybridized carbons (Fsp3) is 0.333. The first-order valence-electron chi connectivity index (χ1n) is 5.08. The van der Waals surface area contributed by atoms with Crippen molar-refractivity contribution in [1.29, 1.82) is 0 Å². The van der Waals surface area contributed by atoms with E-state index in [9.17, 15) is 22.8 Å². The monoisotopic (exact) mass is 244 g/mol. The van der Waals surface area contributed by atoms with Crippen molar-refractivity contribution in [3.8, 4) is 0 Å². The number of rotatable bonds is 4. The Bertz CT molecular complexity index is 410. The number of Topliss-reactive ketones (excluding diaryl/α,β-unsaturated/α-hetero) is 2. The zero-order valence-corrected chi connectivity index (χ0v) is 9.12. The molecule has 0 aliphatic rings. The Kier molecular flexibility index (Phi) is 4.04. The number of alkyl halides is 3. The molecule has 0 fully saturated rings. The van der Waals surface area contributed by atoms with E-state index >= 15 is 0 Å². The zero-order valence-electron chi connectivity index (χ0n) is 9.12. The average molecular weight is 244 g/mol. The van der Waals surface area contributed by atoms with Gasteiger partial charge in [-0.05, 0) is 6.42 Å². The second-order valence-corrected chi connectivity index (χ2v) is 3.55. The third kappa shape index (κ3) is 3.15. The van der Waals surface area contributed by atoms with Crippen molar-refractivity contribution in [2.75, 3.05) is 0 Å². The minimum Gasteiger partial charge on any atom is -0.293 e. The quantitative estimate of drug-likeness (QED) is 0.602. The third-order valence-corrected chi connectivity index (χ3v) is 2.38. The van der Waals surface area contributed by atoms with E-state index < -0.39 is 23.7 Å². The average Bonchev–Trinajstić information content (AvgIpc) is 2.29. The van der Waals surface area contributed by atoms with E-state index in [0.717, 1.165) is 0 Å². The Morgan fingerprint density at radius 3 is 2.12 bits per heavy atom. The van der Waals surface area contributed by atoms with Gasteiger partial charge >= 0.3 is 6.18 Å². The van der Waals surface area contributed by atoms with Gasteiger partial charge in [-0.1, -0.05) is 37.3 Å².